The van der Waals surface area contributed by atoms with Crippen molar-refractivity contribution in [3.63, 3.8) is 0 Å². The normalized spacial score (nSPS) is 19.9. The molecule has 0 spiro atoms. The molecule has 6 nitrogen and oxygen atoms in total. The number of nitrogens with one attached hydrogen (secondary N) is 1. The van der Waals surface area contributed by atoms with Crippen LogP contribution < -0.4 is 16.2 Å². The van der Waals surface area contributed by atoms with Crippen molar-refractivity contribution < 1.29 is 0 Å². The monoisotopic (exact) mass is 290 g/mol. The van der Waals surface area contributed by atoms with Gasteiger partial charge in [0.25, 0.3) is 0 Å². The number of hydrogen-bond acceptors (Lipinski definition) is 6. The minimum atomic E-state index is 0.540. The predicted molar refractivity (Wildman–Crippen MR) is 85.5 cm³/mol. The molecule has 116 valence electrons. The molecule has 0 amide bonds. The van der Waals surface area contributed by atoms with Crippen molar-refractivity contribution in [2.75, 3.05) is 43.0 Å². The quantitative estimate of drug-likeness (QED) is 0.632. The van der Waals surface area contributed by atoms with Gasteiger partial charge in [0.05, 0.1) is 0 Å². The summed E-state index contributed by atoms with van der Waals surface area (Å²) in [5, 5.41) is 0. The molecule has 6 heteroatoms. The highest BCUT2D eigenvalue weighted by atomic mass is 15.3. The molecule has 2 fully saturated rings. The summed E-state index contributed by atoms with van der Waals surface area (Å²) in [5.41, 5.74) is 3.80. The average Bonchev–Trinajstić information content (AvgIpc) is 3.34. The van der Waals surface area contributed by atoms with Crippen molar-refractivity contribution >= 4 is 11.6 Å². The van der Waals surface area contributed by atoms with Gasteiger partial charge in [-0.25, -0.2) is 15.8 Å². The zero-order chi connectivity index (χ0) is 14.8. The van der Waals surface area contributed by atoms with Crippen LogP contribution in [0.15, 0.2) is 0 Å². The summed E-state index contributed by atoms with van der Waals surface area (Å²) < 4.78 is 0. The Morgan fingerprint density at radius 3 is 2.48 bits per heavy atom. The maximum absolute atomic E-state index is 5.63. The fourth-order valence-corrected chi connectivity index (χ4v) is 2.99. The van der Waals surface area contributed by atoms with E-state index in [1.54, 1.807) is 0 Å². The van der Waals surface area contributed by atoms with E-state index >= 15 is 0 Å². The van der Waals surface area contributed by atoms with Crippen molar-refractivity contribution in [1.82, 2.24) is 14.9 Å². The van der Waals surface area contributed by atoms with Gasteiger partial charge >= 0.3 is 0 Å². The minimum absolute atomic E-state index is 0.540. The van der Waals surface area contributed by atoms with E-state index < -0.39 is 0 Å². The Labute approximate surface area is 126 Å². The topological polar surface area (TPSA) is 70.3 Å². The van der Waals surface area contributed by atoms with Crippen LogP contribution in [0.2, 0.25) is 0 Å². The van der Waals surface area contributed by atoms with Crippen LogP contribution in [0.4, 0.5) is 11.6 Å². The van der Waals surface area contributed by atoms with Gasteiger partial charge in [-0.1, -0.05) is 6.92 Å². The first-order valence-electron chi connectivity index (χ1n) is 8.05. The highest BCUT2D eigenvalue weighted by Crippen LogP contribution is 2.40. The van der Waals surface area contributed by atoms with E-state index in [1.165, 1.54) is 25.8 Å². The molecule has 3 rings (SSSR count). The molecule has 1 aliphatic carbocycles. The van der Waals surface area contributed by atoms with Gasteiger partial charge in [-0.3, -0.25) is 4.90 Å². The summed E-state index contributed by atoms with van der Waals surface area (Å²) in [6.07, 6.45) is 3.63. The maximum Gasteiger partial charge on any atom is 0.148 e. The lowest BCUT2D eigenvalue weighted by Crippen LogP contribution is -2.47. The molecular weight excluding hydrogens is 264 g/mol. The van der Waals surface area contributed by atoms with Crippen molar-refractivity contribution in [1.29, 1.82) is 0 Å². The average molecular weight is 290 g/mol. The van der Waals surface area contributed by atoms with E-state index in [4.69, 9.17) is 10.8 Å². The molecule has 1 saturated carbocycles. The number of nitrogen functional groups attached to an aromatic ring is 1. The number of hydrazine groups is 1. The number of nitrogens with two attached hydrogens (primary N) is 1. The highest BCUT2D eigenvalue weighted by Gasteiger charge is 2.29. The van der Waals surface area contributed by atoms with Gasteiger partial charge in [0.1, 0.15) is 17.5 Å². The lowest BCUT2D eigenvalue weighted by atomic mass is 10.2. The van der Waals surface area contributed by atoms with E-state index in [0.29, 0.717) is 5.92 Å². The first-order chi connectivity index (χ1) is 10.2. The number of anilines is 2. The number of aromatic nitrogens is 2. The molecular formula is C15H26N6. The third-order valence-corrected chi connectivity index (χ3v) is 4.43. The Bertz CT molecular complexity index is 491. The molecule has 0 radical (unpaired) electrons. The molecule has 0 aromatic carbocycles. The third kappa shape index (κ3) is 3.11. The Balaban J connectivity index is 1.79. The Kier molecular flexibility index (Phi) is 4.26. The first kappa shape index (κ1) is 14.5. The van der Waals surface area contributed by atoms with Crippen molar-refractivity contribution in [3.8, 4) is 0 Å². The minimum Gasteiger partial charge on any atom is -0.354 e. The van der Waals surface area contributed by atoms with Crippen LogP contribution >= 0.6 is 0 Å². The van der Waals surface area contributed by atoms with E-state index in [0.717, 1.165) is 49.2 Å². The summed E-state index contributed by atoms with van der Waals surface area (Å²) in [4.78, 5) is 14.3. The van der Waals surface area contributed by atoms with Crippen LogP contribution in [0.3, 0.4) is 0 Å². The molecule has 21 heavy (non-hydrogen) atoms. The van der Waals surface area contributed by atoms with Crippen LogP contribution in [-0.4, -0.2) is 47.6 Å². The fraction of sp³-hybridized carbons (Fsp3) is 0.733. The maximum atomic E-state index is 5.63. The van der Waals surface area contributed by atoms with E-state index in [9.17, 15) is 0 Å². The van der Waals surface area contributed by atoms with Crippen LogP contribution in [0.1, 0.15) is 43.5 Å². The number of nitrogens with zero attached hydrogens (tertiary/aromatic N) is 4. The number of hydrogen-bond donors (Lipinski definition) is 2. The van der Waals surface area contributed by atoms with Crippen LogP contribution in [0, 0.1) is 6.92 Å². The van der Waals surface area contributed by atoms with Crippen LogP contribution in [0.5, 0.6) is 0 Å². The molecule has 1 aliphatic heterocycles. The predicted octanol–water partition coefficient (Wildman–Crippen LogP) is 1.48. The van der Waals surface area contributed by atoms with Gasteiger partial charge in [0.2, 0.25) is 0 Å². The Morgan fingerprint density at radius 1 is 1.19 bits per heavy atom. The third-order valence-electron chi connectivity index (χ3n) is 4.43. The van der Waals surface area contributed by atoms with Crippen molar-refractivity contribution in [2.24, 2.45) is 5.84 Å². The van der Waals surface area contributed by atoms with Gasteiger partial charge in [-0.15, -0.1) is 0 Å². The lowest BCUT2D eigenvalue weighted by Gasteiger charge is -2.36. The van der Waals surface area contributed by atoms with E-state index in [-0.39, 0.29) is 0 Å². The molecule has 3 N–H and O–H groups in total. The molecule has 0 bridgehead atoms. The van der Waals surface area contributed by atoms with Gasteiger partial charge in [0, 0.05) is 37.7 Å². The SMILES string of the molecule is CCCN1CCN(c2nc(C3CC3)nc(NN)c2C)CC1. The van der Waals surface area contributed by atoms with Crippen molar-refractivity contribution in [3.05, 3.63) is 11.4 Å². The van der Waals surface area contributed by atoms with E-state index in [2.05, 4.69) is 34.1 Å². The Morgan fingerprint density at radius 2 is 1.90 bits per heavy atom. The molecule has 0 atom stereocenters. The van der Waals surface area contributed by atoms with Gasteiger partial charge < -0.3 is 10.3 Å². The standard InChI is InChI=1S/C15H26N6/c1-3-6-20-7-9-21(10-8-20)15-11(2)13(19-16)17-14(18-15)12-4-5-12/h12H,3-10,16H2,1-2H3,(H,17,18,19). The van der Waals surface area contributed by atoms with Crippen LogP contribution in [-0.2, 0) is 0 Å². The summed E-state index contributed by atoms with van der Waals surface area (Å²) in [7, 11) is 0. The summed E-state index contributed by atoms with van der Waals surface area (Å²) in [6.45, 7) is 9.78. The van der Waals surface area contributed by atoms with Gasteiger partial charge in [0.15, 0.2) is 0 Å². The smallest absolute Gasteiger partial charge is 0.148 e. The fourth-order valence-electron chi connectivity index (χ4n) is 2.99. The molecule has 0 unspecified atom stereocenters. The molecule has 2 heterocycles. The number of piperazine rings is 1. The highest BCUT2D eigenvalue weighted by molar-refractivity contribution is 5.58. The number of rotatable bonds is 5. The molecule has 2 aliphatic rings. The molecule has 1 aromatic heterocycles. The summed E-state index contributed by atoms with van der Waals surface area (Å²) >= 11 is 0. The van der Waals surface area contributed by atoms with Crippen LogP contribution in [0.25, 0.3) is 0 Å². The zero-order valence-corrected chi connectivity index (χ0v) is 13.1. The first-order valence-corrected chi connectivity index (χ1v) is 8.05. The van der Waals surface area contributed by atoms with Gasteiger partial charge in [-0.2, -0.15) is 0 Å². The molecule has 1 saturated heterocycles. The molecule has 1 aromatic rings. The second-order valence-corrected chi connectivity index (χ2v) is 6.13. The second-order valence-electron chi connectivity index (χ2n) is 6.13. The Hall–Kier alpha value is -1.40. The van der Waals surface area contributed by atoms with Crippen molar-refractivity contribution in [2.45, 2.75) is 39.0 Å². The summed E-state index contributed by atoms with van der Waals surface area (Å²) in [6, 6.07) is 0. The lowest BCUT2D eigenvalue weighted by molar-refractivity contribution is 0.258. The second kappa shape index (κ2) is 6.15. The van der Waals surface area contributed by atoms with Gasteiger partial charge in [-0.05, 0) is 32.7 Å². The largest absolute Gasteiger partial charge is 0.354 e. The zero-order valence-electron chi connectivity index (χ0n) is 13.1. The summed E-state index contributed by atoms with van der Waals surface area (Å²) in [5.74, 6) is 8.97. The van der Waals surface area contributed by atoms with E-state index in [1.807, 2.05) is 0 Å².